The molecule has 1 unspecified atom stereocenters. The molecule has 34 heavy (non-hydrogen) atoms. The van der Waals surface area contributed by atoms with Gasteiger partial charge in [0.1, 0.15) is 11.6 Å². The van der Waals surface area contributed by atoms with E-state index in [4.69, 9.17) is 9.15 Å². The van der Waals surface area contributed by atoms with Crippen LogP contribution in [0, 0.1) is 0 Å². The van der Waals surface area contributed by atoms with Crippen LogP contribution in [0.5, 0.6) is 0 Å². The molecular weight excluding hydrogens is 436 g/mol. The van der Waals surface area contributed by atoms with Crippen LogP contribution in [0.2, 0.25) is 0 Å². The maximum atomic E-state index is 13.2. The van der Waals surface area contributed by atoms with Crippen molar-refractivity contribution >= 4 is 34.5 Å². The molecule has 2 fully saturated rings. The van der Waals surface area contributed by atoms with Gasteiger partial charge in [-0.15, -0.1) is 0 Å². The quantitative estimate of drug-likeness (QED) is 0.519. The lowest BCUT2D eigenvalue weighted by molar-refractivity contribution is -0.136. The lowest BCUT2D eigenvalue weighted by Crippen LogP contribution is -2.49. The standard InChI is InChI=1S/C25H26N4O5/c1-17(30)28(11-10-27-12-14-33-15-13-27)21-16-23(31)29(25(21)32)19-8-6-18(7-9-19)24-26-20-4-2-3-5-22(20)34-24/h2-9,21H,10-16H2,1H3. The first-order valence-corrected chi connectivity index (χ1v) is 11.4. The zero-order chi connectivity index (χ0) is 23.7. The van der Waals surface area contributed by atoms with Crippen LogP contribution in [-0.2, 0) is 19.1 Å². The number of carbonyl (C=O) groups excluding carboxylic acids is 3. The highest BCUT2D eigenvalue weighted by Gasteiger charge is 2.43. The fraction of sp³-hybridized carbons (Fsp3) is 0.360. The van der Waals surface area contributed by atoms with E-state index in [1.807, 2.05) is 24.3 Å². The predicted octanol–water partition coefficient (Wildman–Crippen LogP) is 2.31. The number of nitrogens with zero attached hydrogens (tertiary/aromatic N) is 4. The molecule has 5 rings (SSSR count). The Balaban J connectivity index is 1.31. The number of oxazole rings is 1. The third kappa shape index (κ3) is 4.32. The molecule has 176 valence electrons. The van der Waals surface area contributed by atoms with Gasteiger partial charge >= 0.3 is 0 Å². The molecule has 1 aromatic heterocycles. The van der Waals surface area contributed by atoms with Crippen molar-refractivity contribution in [3.8, 4) is 11.5 Å². The summed E-state index contributed by atoms with van der Waals surface area (Å²) in [5, 5.41) is 0. The molecule has 2 saturated heterocycles. The highest BCUT2D eigenvalue weighted by atomic mass is 16.5. The molecule has 2 aliphatic heterocycles. The Labute approximate surface area is 196 Å². The molecule has 1 atom stereocenters. The molecule has 0 aliphatic carbocycles. The van der Waals surface area contributed by atoms with Crippen molar-refractivity contribution < 1.29 is 23.5 Å². The van der Waals surface area contributed by atoms with Gasteiger partial charge in [-0.1, -0.05) is 12.1 Å². The Morgan fingerprint density at radius 3 is 2.53 bits per heavy atom. The fourth-order valence-electron chi connectivity index (χ4n) is 4.49. The number of hydrogen-bond acceptors (Lipinski definition) is 7. The number of amides is 3. The molecule has 3 amide bonds. The number of rotatable bonds is 6. The zero-order valence-corrected chi connectivity index (χ0v) is 19.0. The Kier molecular flexibility index (Phi) is 6.12. The highest BCUT2D eigenvalue weighted by Crippen LogP contribution is 2.29. The third-order valence-corrected chi connectivity index (χ3v) is 6.33. The molecule has 0 radical (unpaired) electrons. The molecule has 3 heterocycles. The average Bonchev–Trinajstić information content (AvgIpc) is 3.40. The fourth-order valence-corrected chi connectivity index (χ4v) is 4.49. The van der Waals surface area contributed by atoms with Crippen LogP contribution in [0.25, 0.3) is 22.6 Å². The zero-order valence-electron chi connectivity index (χ0n) is 19.0. The van der Waals surface area contributed by atoms with Crippen molar-refractivity contribution in [2.45, 2.75) is 19.4 Å². The average molecular weight is 463 g/mol. The molecule has 0 bridgehead atoms. The number of anilines is 1. The molecule has 3 aromatic rings. The van der Waals surface area contributed by atoms with Crippen molar-refractivity contribution in [2.75, 3.05) is 44.3 Å². The van der Waals surface area contributed by atoms with E-state index in [2.05, 4.69) is 9.88 Å². The smallest absolute Gasteiger partial charge is 0.257 e. The molecule has 9 heteroatoms. The number of hydrogen-bond donors (Lipinski definition) is 0. The van der Waals surface area contributed by atoms with Gasteiger partial charge in [0.15, 0.2) is 5.58 Å². The first-order valence-electron chi connectivity index (χ1n) is 11.4. The number of morpholine rings is 1. The summed E-state index contributed by atoms with van der Waals surface area (Å²) in [5.74, 6) is -0.442. The number of ether oxygens (including phenoxy) is 1. The van der Waals surface area contributed by atoms with Gasteiger partial charge < -0.3 is 14.1 Å². The van der Waals surface area contributed by atoms with Gasteiger partial charge in [-0.3, -0.25) is 19.3 Å². The van der Waals surface area contributed by atoms with Gasteiger partial charge in [0.25, 0.3) is 5.91 Å². The number of aromatic nitrogens is 1. The van der Waals surface area contributed by atoms with Crippen molar-refractivity contribution in [1.82, 2.24) is 14.8 Å². The second-order valence-electron chi connectivity index (χ2n) is 8.49. The number of imide groups is 1. The minimum Gasteiger partial charge on any atom is -0.436 e. The largest absolute Gasteiger partial charge is 0.436 e. The van der Waals surface area contributed by atoms with Gasteiger partial charge in [-0.25, -0.2) is 9.88 Å². The van der Waals surface area contributed by atoms with E-state index in [-0.39, 0.29) is 24.1 Å². The number of para-hydroxylation sites is 2. The molecule has 0 spiro atoms. The molecule has 9 nitrogen and oxygen atoms in total. The molecule has 0 N–H and O–H groups in total. The normalized spacial score (nSPS) is 19.2. The summed E-state index contributed by atoms with van der Waals surface area (Å²) in [7, 11) is 0. The van der Waals surface area contributed by atoms with Crippen LogP contribution >= 0.6 is 0 Å². The summed E-state index contributed by atoms with van der Waals surface area (Å²) in [6, 6.07) is 13.7. The minimum atomic E-state index is -0.789. The first kappa shape index (κ1) is 22.2. The van der Waals surface area contributed by atoms with E-state index in [0.717, 1.165) is 24.2 Å². The number of fused-ring (bicyclic) bond motifs is 1. The van der Waals surface area contributed by atoms with E-state index in [1.165, 1.54) is 16.7 Å². The minimum absolute atomic E-state index is 0.0194. The Morgan fingerprint density at radius 1 is 1.09 bits per heavy atom. The second-order valence-corrected chi connectivity index (χ2v) is 8.49. The summed E-state index contributed by atoms with van der Waals surface area (Å²) in [6.07, 6.45) is -0.0194. The van der Waals surface area contributed by atoms with Gasteiger partial charge in [0.05, 0.1) is 25.3 Å². The van der Waals surface area contributed by atoms with Crippen LogP contribution in [0.3, 0.4) is 0 Å². The van der Waals surface area contributed by atoms with Crippen LogP contribution < -0.4 is 4.90 Å². The predicted molar refractivity (Wildman–Crippen MR) is 125 cm³/mol. The highest BCUT2D eigenvalue weighted by molar-refractivity contribution is 6.23. The summed E-state index contributed by atoms with van der Waals surface area (Å²) < 4.78 is 11.2. The Hall–Kier alpha value is -3.56. The van der Waals surface area contributed by atoms with Crippen molar-refractivity contribution in [3.05, 3.63) is 48.5 Å². The van der Waals surface area contributed by atoms with Crippen LogP contribution in [-0.4, -0.2) is 77.9 Å². The van der Waals surface area contributed by atoms with Crippen LogP contribution in [0.15, 0.2) is 52.9 Å². The lowest BCUT2D eigenvalue weighted by Gasteiger charge is -2.31. The van der Waals surface area contributed by atoms with Gasteiger partial charge in [-0.05, 0) is 36.4 Å². The van der Waals surface area contributed by atoms with Gasteiger partial charge in [0.2, 0.25) is 17.7 Å². The second kappa shape index (κ2) is 9.36. The molecule has 0 saturated carbocycles. The first-order chi connectivity index (χ1) is 16.5. The summed E-state index contributed by atoms with van der Waals surface area (Å²) >= 11 is 0. The van der Waals surface area contributed by atoms with E-state index in [0.29, 0.717) is 43.5 Å². The maximum Gasteiger partial charge on any atom is 0.257 e. The summed E-state index contributed by atoms with van der Waals surface area (Å²) in [5.41, 5.74) is 2.66. The molecule has 2 aliphatic rings. The van der Waals surface area contributed by atoms with Gasteiger partial charge in [0, 0.05) is 38.7 Å². The van der Waals surface area contributed by atoms with Crippen molar-refractivity contribution in [2.24, 2.45) is 0 Å². The van der Waals surface area contributed by atoms with Gasteiger partial charge in [-0.2, -0.15) is 0 Å². The van der Waals surface area contributed by atoms with E-state index in [1.54, 1.807) is 24.3 Å². The third-order valence-electron chi connectivity index (χ3n) is 6.33. The molecule has 2 aromatic carbocycles. The Bertz CT molecular complexity index is 1180. The van der Waals surface area contributed by atoms with Crippen molar-refractivity contribution in [1.29, 1.82) is 0 Å². The van der Waals surface area contributed by atoms with E-state index in [9.17, 15) is 14.4 Å². The summed E-state index contributed by atoms with van der Waals surface area (Å²) in [4.78, 5) is 47.8. The Morgan fingerprint density at radius 2 is 1.82 bits per heavy atom. The SMILES string of the molecule is CC(=O)N(CCN1CCOCC1)C1CC(=O)N(c2ccc(-c3nc4ccccc4o3)cc2)C1=O. The number of benzene rings is 2. The van der Waals surface area contributed by atoms with Crippen LogP contribution in [0.1, 0.15) is 13.3 Å². The lowest BCUT2D eigenvalue weighted by atomic mass is 10.2. The topological polar surface area (TPSA) is 96.2 Å². The maximum absolute atomic E-state index is 13.2. The van der Waals surface area contributed by atoms with Crippen molar-refractivity contribution in [3.63, 3.8) is 0 Å². The van der Waals surface area contributed by atoms with E-state index < -0.39 is 6.04 Å². The molecular formula is C25H26N4O5. The van der Waals surface area contributed by atoms with Crippen LogP contribution in [0.4, 0.5) is 5.69 Å². The summed E-state index contributed by atoms with van der Waals surface area (Å²) in [6.45, 7) is 5.38. The van der Waals surface area contributed by atoms with E-state index >= 15 is 0 Å². The number of carbonyl (C=O) groups is 3. The monoisotopic (exact) mass is 462 g/mol.